The van der Waals surface area contributed by atoms with Crippen molar-refractivity contribution in [2.24, 2.45) is 11.8 Å². The topological polar surface area (TPSA) is 66.9 Å². The highest BCUT2D eigenvalue weighted by molar-refractivity contribution is 7.89. The van der Waals surface area contributed by atoms with Gasteiger partial charge in [-0.3, -0.25) is 4.79 Å². The van der Waals surface area contributed by atoms with Crippen molar-refractivity contribution in [2.75, 3.05) is 39.4 Å². The number of likely N-dealkylation sites (tertiary alicyclic amines) is 1. The number of hydrogen-bond donors (Lipinski definition) is 0. The third kappa shape index (κ3) is 4.43. The third-order valence-corrected chi connectivity index (χ3v) is 7.67. The monoisotopic (exact) mass is 434 g/mol. The van der Waals surface area contributed by atoms with Crippen molar-refractivity contribution in [3.8, 4) is 0 Å². The van der Waals surface area contributed by atoms with Crippen LogP contribution in [0.4, 0.5) is 0 Å². The lowest BCUT2D eigenvalue weighted by molar-refractivity contribution is 0.0623. The molecule has 2 aliphatic heterocycles. The maximum atomic E-state index is 13.0. The van der Waals surface area contributed by atoms with E-state index in [-0.39, 0.29) is 39.5 Å². The first-order valence-corrected chi connectivity index (χ1v) is 11.3. The molecule has 0 aromatic heterocycles. The van der Waals surface area contributed by atoms with Crippen LogP contribution in [-0.4, -0.2) is 62.9 Å². The molecule has 0 saturated carbocycles. The van der Waals surface area contributed by atoms with E-state index in [2.05, 4.69) is 13.8 Å². The molecule has 0 N–H and O–H groups in total. The molecule has 9 heteroatoms. The summed E-state index contributed by atoms with van der Waals surface area (Å²) < 4.78 is 32.5. The minimum absolute atomic E-state index is 0.0171. The van der Waals surface area contributed by atoms with E-state index in [1.807, 2.05) is 0 Å². The molecule has 2 aliphatic rings. The normalized spacial score (nSPS) is 24.8. The molecule has 0 radical (unpaired) electrons. The Labute approximate surface area is 170 Å². The van der Waals surface area contributed by atoms with Crippen molar-refractivity contribution in [1.29, 1.82) is 0 Å². The first kappa shape index (κ1) is 20.9. The van der Waals surface area contributed by atoms with Gasteiger partial charge in [-0.2, -0.15) is 4.31 Å². The van der Waals surface area contributed by atoms with Gasteiger partial charge in [0.05, 0.1) is 28.8 Å². The van der Waals surface area contributed by atoms with Crippen LogP contribution in [0.2, 0.25) is 10.0 Å². The van der Waals surface area contributed by atoms with E-state index in [9.17, 15) is 13.2 Å². The van der Waals surface area contributed by atoms with Crippen molar-refractivity contribution in [1.82, 2.24) is 9.21 Å². The number of morpholine rings is 1. The highest BCUT2D eigenvalue weighted by atomic mass is 35.5. The Balaban J connectivity index is 1.95. The summed E-state index contributed by atoms with van der Waals surface area (Å²) >= 11 is 12.5. The zero-order valence-electron chi connectivity index (χ0n) is 15.5. The van der Waals surface area contributed by atoms with Crippen molar-refractivity contribution < 1.29 is 17.9 Å². The number of ether oxygens (including phenoxy) is 1. The first-order valence-electron chi connectivity index (χ1n) is 9.06. The molecule has 3 rings (SSSR count). The Morgan fingerprint density at radius 1 is 1.07 bits per heavy atom. The molecule has 0 spiro atoms. The molecule has 2 fully saturated rings. The van der Waals surface area contributed by atoms with Gasteiger partial charge in [-0.05, 0) is 30.4 Å². The van der Waals surface area contributed by atoms with E-state index >= 15 is 0 Å². The summed E-state index contributed by atoms with van der Waals surface area (Å²) in [5, 5.41) is 0.181. The van der Waals surface area contributed by atoms with Gasteiger partial charge in [0.25, 0.3) is 5.91 Å². The van der Waals surface area contributed by atoms with Gasteiger partial charge in [-0.1, -0.05) is 37.0 Å². The van der Waals surface area contributed by atoms with E-state index < -0.39 is 10.0 Å². The van der Waals surface area contributed by atoms with E-state index in [1.54, 1.807) is 4.90 Å². The van der Waals surface area contributed by atoms with Crippen LogP contribution in [-0.2, 0) is 14.8 Å². The first-order chi connectivity index (χ1) is 12.7. The molecule has 1 amide bonds. The molecule has 0 unspecified atom stereocenters. The van der Waals surface area contributed by atoms with Crippen molar-refractivity contribution in [3.05, 3.63) is 27.7 Å². The summed E-state index contributed by atoms with van der Waals surface area (Å²) in [6, 6.07) is 2.67. The molecule has 1 aromatic carbocycles. The molecule has 1 aromatic rings. The number of hydrogen-bond acceptors (Lipinski definition) is 4. The van der Waals surface area contributed by atoms with Crippen LogP contribution in [0.3, 0.4) is 0 Å². The number of nitrogens with zero attached hydrogens (tertiary/aromatic N) is 2. The summed E-state index contributed by atoms with van der Waals surface area (Å²) in [5.41, 5.74) is 0.175. The van der Waals surface area contributed by atoms with Gasteiger partial charge in [-0.15, -0.1) is 0 Å². The number of benzene rings is 1. The molecule has 27 heavy (non-hydrogen) atoms. The van der Waals surface area contributed by atoms with Crippen LogP contribution < -0.4 is 0 Å². The Hall–Kier alpha value is -0.860. The molecule has 6 nitrogen and oxygen atoms in total. The summed E-state index contributed by atoms with van der Waals surface area (Å²) in [5.74, 6) is 0.522. The summed E-state index contributed by atoms with van der Waals surface area (Å²) in [6.45, 7) is 6.65. The summed E-state index contributed by atoms with van der Waals surface area (Å²) in [7, 11) is -3.83. The average molecular weight is 435 g/mol. The van der Waals surface area contributed by atoms with Gasteiger partial charge in [0.15, 0.2) is 0 Å². The average Bonchev–Trinajstić information content (AvgIpc) is 2.61. The maximum Gasteiger partial charge on any atom is 0.255 e. The van der Waals surface area contributed by atoms with Crippen molar-refractivity contribution in [2.45, 2.75) is 25.2 Å². The fourth-order valence-electron chi connectivity index (χ4n) is 3.82. The number of rotatable bonds is 3. The van der Waals surface area contributed by atoms with Gasteiger partial charge in [-0.25, -0.2) is 8.42 Å². The zero-order valence-corrected chi connectivity index (χ0v) is 17.8. The van der Waals surface area contributed by atoms with Gasteiger partial charge in [0.1, 0.15) is 4.90 Å². The molecule has 0 aliphatic carbocycles. The number of sulfonamides is 1. The Morgan fingerprint density at radius 2 is 1.67 bits per heavy atom. The van der Waals surface area contributed by atoms with E-state index in [0.717, 1.165) is 6.42 Å². The quantitative estimate of drug-likeness (QED) is 0.732. The highest BCUT2D eigenvalue weighted by Gasteiger charge is 2.32. The molecule has 2 saturated heterocycles. The lowest BCUT2D eigenvalue weighted by atomic mass is 9.91. The summed E-state index contributed by atoms with van der Waals surface area (Å²) in [6.07, 6.45) is 1.06. The number of piperidine rings is 1. The van der Waals surface area contributed by atoms with Crippen LogP contribution >= 0.6 is 23.2 Å². The second kappa shape index (κ2) is 8.25. The molecular weight excluding hydrogens is 411 g/mol. The molecule has 0 bridgehead atoms. The lowest BCUT2D eigenvalue weighted by Gasteiger charge is -2.35. The minimum atomic E-state index is -3.83. The number of carbonyl (C=O) groups is 1. The fraction of sp³-hybridized carbons (Fsp3) is 0.611. The van der Waals surface area contributed by atoms with E-state index in [1.165, 1.54) is 16.4 Å². The fourth-order valence-corrected chi connectivity index (χ4v) is 6.05. The van der Waals surface area contributed by atoms with Crippen molar-refractivity contribution >= 4 is 39.1 Å². The Kier molecular flexibility index (Phi) is 6.37. The second-order valence-corrected chi connectivity index (χ2v) is 10.2. The predicted molar refractivity (Wildman–Crippen MR) is 105 cm³/mol. The van der Waals surface area contributed by atoms with Crippen molar-refractivity contribution in [3.63, 3.8) is 0 Å². The standard InChI is InChI=1S/C18H24Cl2N2O4S/c1-12-7-13(2)11-21(10-12)18(23)14-8-17(16(20)9-15(14)19)27(24,25)22-3-5-26-6-4-22/h8-9,12-13H,3-7,10-11H2,1-2H3/t12-,13+. The summed E-state index contributed by atoms with van der Waals surface area (Å²) in [4.78, 5) is 14.7. The third-order valence-electron chi connectivity index (χ3n) is 5.00. The van der Waals surface area contributed by atoms with E-state index in [4.69, 9.17) is 27.9 Å². The van der Waals surface area contributed by atoms with Crippen LogP contribution in [0, 0.1) is 11.8 Å². The Morgan fingerprint density at radius 3 is 2.26 bits per heavy atom. The molecular formula is C18H24Cl2N2O4S. The second-order valence-electron chi connectivity index (χ2n) is 7.44. The smallest absolute Gasteiger partial charge is 0.255 e. The largest absolute Gasteiger partial charge is 0.379 e. The SMILES string of the molecule is C[C@@H]1C[C@H](C)CN(C(=O)c2cc(S(=O)(=O)N3CCOCC3)c(Cl)cc2Cl)C1. The predicted octanol–water partition coefficient (Wildman–Crippen LogP) is 3.13. The molecule has 2 atom stereocenters. The van der Waals surface area contributed by atoms with Gasteiger partial charge in [0.2, 0.25) is 10.0 Å². The lowest BCUT2D eigenvalue weighted by Crippen LogP contribution is -2.43. The van der Waals surface area contributed by atoms with Crippen LogP contribution in [0.1, 0.15) is 30.6 Å². The highest BCUT2D eigenvalue weighted by Crippen LogP contribution is 2.32. The number of carbonyl (C=O) groups excluding carboxylic acids is 1. The number of halogens is 2. The van der Waals surface area contributed by atoms with Gasteiger partial charge in [0, 0.05) is 26.2 Å². The zero-order chi connectivity index (χ0) is 19.8. The van der Waals surface area contributed by atoms with Crippen LogP contribution in [0.25, 0.3) is 0 Å². The maximum absolute atomic E-state index is 13.0. The van der Waals surface area contributed by atoms with Gasteiger partial charge < -0.3 is 9.64 Å². The van der Waals surface area contributed by atoms with Crippen LogP contribution in [0.15, 0.2) is 17.0 Å². The Bertz CT molecular complexity index is 815. The molecule has 2 heterocycles. The van der Waals surface area contributed by atoms with Crippen LogP contribution in [0.5, 0.6) is 0 Å². The molecule has 150 valence electrons. The minimum Gasteiger partial charge on any atom is -0.379 e. The van der Waals surface area contributed by atoms with Gasteiger partial charge >= 0.3 is 0 Å². The number of amides is 1. The van der Waals surface area contributed by atoms with E-state index in [0.29, 0.717) is 38.1 Å².